The molecule has 0 amide bonds. The van der Waals surface area contributed by atoms with Gasteiger partial charge >= 0.3 is 5.97 Å². The summed E-state index contributed by atoms with van der Waals surface area (Å²) in [5.74, 6) is -0.804. The predicted molar refractivity (Wildman–Crippen MR) is 37.8 cm³/mol. The fourth-order valence-corrected chi connectivity index (χ4v) is 1.60. The van der Waals surface area contributed by atoms with Crippen molar-refractivity contribution in [1.82, 2.24) is 5.32 Å². The lowest BCUT2D eigenvalue weighted by Gasteiger charge is -2.13. The third kappa shape index (κ3) is 1.29. The van der Waals surface area contributed by atoms with Gasteiger partial charge in [-0.1, -0.05) is 6.42 Å². The standard InChI is InChI=1S/C7H13NO2/c1-8-6-4-2-3-5(6)7(9)10/h5-6,8H,2-4H2,1H3,(H,9,10)/t5-,6-/m1/s1. The molecule has 1 aliphatic rings. The number of carbonyl (C=O) groups is 1. The number of hydrogen-bond acceptors (Lipinski definition) is 2. The average molecular weight is 143 g/mol. The largest absolute Gasteiger partial charge is 0.481 e. The lowest BCUT2D eigenvalue weighted by molar-refractivity contribution is -0.142. The molecule has 0 spiro atoms. The van der Waals surface area contributed by atoms with E-state index in [-0.39, 0.29) is 12.0 Å². The minimum Gasteiger partial charge on any atom is -0.481 e. The maximum atomic E-state index is 10.5. The zero-order valence-corrected chi connectivity index (χ0v) is 6.13. The zero-order chi connectivity index (χ0) is 7.56. The van der Waals surface area contributed by atoms with Gasteiger partial charge in [0.25, 0.3) is 0 Å². The normalized spacial score (nSPS) is 32.5. The van der Waals surface area contributed by atoms with Crippen molar-refractivity contribution >= 4 is 5.97 Å². The van der Waals surface area contributed by atoms with E-state index >= 15 is 0 Å². The summed E-state index contributed by atoms with van der Waals surface area (Å²) in [6, 6.07) is 0.206. The molecule has 1 aliphatic carbocycles. The van der Waals surface area contributed by atoms with Crippen LogP contribution >= 0.6 is 0 Å². The molecule has 0 aromatic heterocycles. The van der Waals surface area contributed by atoms with E-state index in [1.54, 1.807) is 0 Å². The molecule has 0 aromatic carbocycles. The number of carboxylic acids is 1. The van der Waals surface area contributed by atoms with Crippen LogP contribution in [0.1, 0.15) is 19.3 Å². The third-order valence-electron chi connectivity index (χ3n) is 2.20. The Morgan fingerprint density at radius 2 is 2.30 bits per heavy atom. The van der Waals surface area contributed by atoms with Crippen LogP contribution in [0.25, 0.3) is 0 Å². The van der Waals surface area contributed by atoms with E-state index in [1.807, 2.05) is 7.05 Å². The van der Waals surface area contributed by atoms with Crippen LogP contribution in [0.4, 0.5) is 0 Å². The van der Waals surface area contributed by atoms with Crippen molar-refractivity contribution in [3.05, 3.63) is 0 Å². The number of aliphatic carboxylic acids is 1. The highest BCUT2D eigenvalue weighted by Crippen LogP contribution is 2.25. The summed E-state index contributed by atoms with van der Waals surface area (Å²) >= 11 is 0. The highest BCUT2D eigenvalue weighted by Gasteiger charge is 2.31. The Morgan fingerprint density at radius 1 is 1.60 bits per heavy atom. The second-order valence-corrected chi connectivity index (χ2v) is 2.77. The van der Waals surface area contributed by atoms with Crippen LogP contribution in [0, 0.1) is 5.92 Å². The van der Waals surface area contributed by atoms with E-state index in [4.69, 9.17) is 5.11 Å². The van der Waals surface area contributed by atoms with Crippen LogP contribution in [-0.4, -0.2) is 24.2 Å². The molecule has 0 saturated heterocycles. The lowest BCUT2D eigenvalue weighted by Crippen LogP contribution is -2.33. The van der Waals surface area contributed by atoms with Crippen LogP contribution < -0.4 is 5.32 Å². The minimum atomic E-state index is -0.656. The summed E-state index contributed by atoms with van der Waals surface area (Å²) in [7, 11) is 1.83. The van der Waals surface area contributed by atoms with Gasteiger partial charge < -0.3 is 10.4 Å². The van der Waals surface area contributed by atoms with Gasteiger partial charge in [-0.2, -0.15) is 0 Å². The van der Waals surface area contributed by atoms with Crippen LogP contribution in [-0.2, 0) is 4.79 Å². The fourth-order valence-electron chi connectivity index (χ4n) is 1.60. The van der Waals surface area contributed by atoms with E-state index in [1.165, 1.54) is 0 Å². The Bertz CT molecular complexity index is 136. The maximum Gasteiger partial charge on any atom is 0.308 e. The van der Waals surface area contributed by atoms with Crippen molar-refractivity contribution in [3.63, 3.8) is 0 Å². The third-order valence-corrected chi connectivity index (χ3v) is 2.20. The van der Waals surface area contributed by atoms with Gasteiger partial charge in [-0.15, -0.1) is 0 Å². The first-order chi connectivity index (χ1) is 4.75. The molecule has 0 aromatic rings. The molecule has 0 heterocycles. The van der Waals surface area contributed by atoms with Crippen molar-refractivity contribution in [1.29, 1.82) is 0 Å². The van der Waals surface area contributed by atoms with E-state index < -0.39 is 5.97 Å². The number of hydrogen-bond donors (Lipinski definition) is 2. The molecule has 3 nitrogen and oxygen atoms in total. The second kappa shape index (κ2) is 3.01. The van der Waals surface area contributed by atoms with Gasteiger partial charge in [0, 0.05) is 6.04 Å². The Morgan fingerprint density at radius 3 is 2.70 bits per heavy atom. The first-order valence-corrected chi connectivity index (χ1v) is 3.65. The first-order valence-electron chi connectivity index (χ1n) is 3.65. The molecule has 1 fully saturated rings. The Labute approximate surface area is 60.4 Å². The van der Waals surface area contributed by atoms with Gasteiger partial charge in [0.15, 0.2) is 0 Å². The number of rotatable bonds is 2. The summed E-state index contributed by atoms with van der Waals surface area (Å²) in [6.45, 7) is 0. The van der Waals surface area contributed by atoms with E-state index in [9.17, 15) is 4.79 Å². The molecule has 2 atom stereocenters. The highest BCUT2D eigenvalue weighted by molar-refractivity contribution is 5.71. The molecule has 0 unspecified atom stereocenters. The summed E-state index contributed by atoms with van der Waals surface area (Å²) in [5.41, 5.74) is 0. The van der Waals surface area contributed by atoms with Crippen molar-refractivity contribution in [2.75, 3.05) is 7.05 Å². The van der Waals surface area contributed by atoms with Crippen LogP contribution in [0.5, 0.6) is 0 Å². The van der Waals surface area contributed by atoms with Gasteiger partial charge in [-0.3, -0.25) is 4.79 Å². The average Bonchev–Trinajstić information content (AvgIpc) is 2.33. The SMILES string of the molecule is CN[C@@H]1CCC[C@H]1C(=O)O. The molecule has 0 radical (unpaired) electrons. The summed E-state index contributed by atoms with van der Waals surface area (Å²) in [4.78, 5) is 10.5. The molecule has 58 valence electrons. The molecular formula is C7H13NO2. The van der Waals surface area contributed by atoms with E-state index in [0.717, 1.165) is 19.3 Å². The summed E-state index contributed by atoms with van der Waals surface area (Å²) < 4.78 is 0. The predicted octanol–water partition coefficient (Wildman–Crippen LogP) is 0.459. The number of carboxylic acid groups (broad SMARTS) is 1. The molecule has 0 bridgehead atoms. The maximum absolute atomic E-state index is 10.5. The monoisotopic (exact) mass is 143 g/mol. The second-order valence-electron chi connectivity index (χ2n) is 2.77. The van der Waals surface area contributed by atoms with Gasteiger partial charge in [-0.05, 0) is 19.9 Å². The van der Waals surface area contributed by atoms with E-state index in [0.29, 0.717) is 0 Å². The fraction of sp³-hybridized carbons (Fsp3) is 0.857. The van der Waals surface area contributed by atoms with Crippen LogP contribution in [0.15, 0.2) is 0 Å². The first kappa shape index (κ1) is 7.54. The molecule has 0 aliphatic heterocycles. The molecule has 1 saturated carbocycles. The summed E-state index contributed by atoms with van der Waals surface area (Å²) in [5, 5.41) is 11.7. The quantitative estimate of drug-likeness (QED) is 0.590. The topological polar surface area (TPSA) is 49.3 Å². The van der Waals surface area contributed by atoms with Crippen LogP contribution in [0.2, 0.25) is 0 Å². The summed E-state index contributed by atoms with van der Waals surface area (Å²) in [6.07, 6.45) is 2.89. The highest BCUT2D eigenvalue weighted by atomic mass is 16.4. The van der Waals surface area contributed by atoms with Crippen molar-refractivity contribution in [3.8, 4) is 0 Å². The van der Waals surface area contributed by atoms with Gasteiger partial charge in [0.1, 0.15) is 0 Å². The minimum absolute atomic E-state index is 0.148. The molecular weight excluding hydrogens is 130 g/mol. The molecule has 3 heteroatoms. The lowest BCUT2D eigenvalue weighted by atomic mass is 10.1. The molecule has 2 N–H and O–H groups in total. The van der Waals surface area contributed by atoms with Gasteiger partial charge in [-0.25, -0.2) is 0 Å². The molecule has 10 heavy (non-hydrogen) atoms. The van der Waals surface area contributed by atoms with Gasteiger partial charge in [0.05, 0.1) is 5.92 Å². The smallest absolute Gasteiger partial charge is 0.308 e. The van der Waals surface area contributed by atoms with Crippen molar-refractivity contribution in [2.45, 2.75) is 25.3 Å². The van der Waals surface area contributed by atoms with Crippen molar-refractivity contribution < 1.29 is 9.90 Å². The zero-order valence-electron chi connectivity index (χ0n) is 6.13. The van der Waals surface area contributed by atoms with Crippen molar-refractivity contribution in [2.24, 2.45) is 5.92 Å². The number of nitrogens with one attached hydrogen (secondary N) is 1. The Balaban J connectivity index is 2.50. The Hall–Kier alpha value is -0.570. The van der Waals surface area contributed by atoms with Gasteiger partial charge in [0.2, 0.25) is 0 Å². The Kier molecular flexibility index (Phi) is 2.27. The van der Waals surface area contributed by atoms with Crippen LogP contribution in [0.3, 0.4) is 0 Å². The molecule has 1 rings (SSSR count). The van der Waals surface area contributed by atoms with E-state index in [2.05, 4.69) is 5.32 Å².